The largest absolute Gasteiger partial charge is 0.438 e. The summed E-state index contributed by atoms with van der Waals surface area (Å²) in [6.07, 6.45) is 2.09. The van der Waals surface area contributed by atoms with Crippen LogP contribution in [0.15, 0.2) is 84.9 Å². The summed E-state index contributed by atoms with van der Waals surface area (Å²) < 4.78 is 53.6. The molecule has 18 nitrogen and oxygen atoms in total. The highest BCUT2D eigenvalue weighted by Crippen LogP contribution is 2.63. The first-order valence-corrected chi connectivity index (χ1v) is 29.0. The van der Waals surface area contributed by atoms with Crippen LogP contribution >= 0.6 is 18.9 Å². The molecule has 8 rings (SSSR count). The first kappa shape index (κ1) is 59.7. The van der Waals surface area contributed by atoms with Crippen LogP contribution in [0.25, 0.3) is 20.9 Å². The summed E-state index contributed by atoms with van der Waals surface area (Å²) in [5.74, 6) is 2.50. The predicted molar refractivity (Wildman–Crippen MR) is 300 cm³/mol. The number of thiophene rings is 1. The summed E-state index contributed by atoms with van der Waals surface area (Å²) >= 11 is 0.951. The minimum absolute atomic E-state index is 0.0128. The van der Waals surface area contributed by atoms with Crippen LogP contribution in [0.3, 0.4) is 0 Å². The Morgan fingerprint density at radius 1 is 0.914 bits per heavy atom. The van der Waals surface area contributed by atoms with E-state index in [1.807, 2.05) is 42.5 Å². The standard InChI is InChI=1S/C59H65F2N6O12PS/c1-57(2,3)50(63-52(71)47-33-39-31-40(22-25-46(39)81-47)59(60,61)80(76,77)79-35-78-56(75)58(4,5)6)55(74)66-29-14-20-45(66)54(73)65(41-23-21-36-15-10-11-17-38(36)32-41)30-27-49(69)64(7)28-12-8-9-16-37-18-13-19-42-43(37)34-67(53(42)72)44-24-26-48(68)62-51(44)70/h10-11,13,15,17-19,21-23,25,31-33,44-45,50H,8,12,14,20,24,26-30,34-35H2,1-7H3,(H,63,71)(H,76,77)(H,62,68,70)/t44?,45-,50?/m0/s1. The Bertz CT molecular complexity index is 3450. The quantitative estimate of drug-likeness (QED) is 0.0199. The lowest BCUT2D eigenvalue weighted by atomic mass is 9.85. The first-order valence-electron chi connectivity index (χ1n) is 26.6. The van der Waals surface area contributed by atoms with Crippen LogP contribution in [0.1, 0.15) is 123 Å². The summed E-state index contributed by atoms with van der Waals surface area (Å²) in [6.45, 7) is 9.37. The van der Waals surface area contributed by atoms with Crippen LogP contribution in [0, 0.1) is 22.7 Å². The van der Waals surface area contributed by atoms with E-state index in [1.54, 1.807) is 50.9 Å². The van der Waals surface area contributed by atoms with E-state index >= 15 is 8.78 Å². The monoisotopic (exact) mass is 1150 g/mol. The van der Waals surface area contributed by atoms with Crippen molar-refractivity contribution < 1.29 is 65.9 Å². The summed E-state index contributed by atoms with van der Waals surface area (Å²) in [5, 5.41) is 7.09. The number of carbonyl (C=O) groups is 8. The molecule has 22 heteroatoms. The maximum absolute atomic E-state index is 15.6. The zero-order chi connectivity index (χ0) is 58.8. The van der Waals surface area contributed by atoms with Gasteiger partial charge in [0.25, 0.3) is 11.8 Å². The number of hydrogen-bond acceptors (Lipinski definition) is 12. The minimum Gasteiger partial charge on any atom is -0.438 e. The van der Waals surface area contributed by atoms with Crippen molar-refractivity contribution in [1.29, 1.82) is 0 Å². The zero-order valence-electron chi connectivity index (χ0n) is 46.1. The maximum Gasteiger partial charge on any atom is 0.404 e. The van der Waals surface area contributed by atoms with E-state index in [4.69, 9.17) is 4.74 Å². The molecule has 0 saturated carbocycles. The Morgan fingerprint density at radius 3 is 2.37 bits per heavy atom. The van der Waals surface area contributed by atoms with Gasteiger partial charge < -0.3 is 34.5 Å². The number of ether oxygens (including phenoxy) is 1. The van der Waals surface area contributed by atoms with Gasteiger partial charge in [-0.2, -0.15) is 8.78 Å². The molecule has 0 aliphatic carbocycles. The van der Waals surface area contributed by atoms with Gasteiger partial charge in [0.15, 0.2) is 0 Å². The number of nitrogens with zero attached hydrogens (tertiary/aromatic N) is 4. The first-order chi connectivity index (χ1) is 38.2. The molecule has 428 valence electrons. The Balaban J connectivity index is 0.920. The van der Waals surface area contributed by atoms with Crippen molar-refractivity contribution in [3.63, 3.8) is 0 Å². The molecule has 5 aromatic rings. The van der Waals surface area contributed by atoms with Gasteiger partial charge in [0.05, 0.1) is 10.3 Å². The molecule has 3 aliphatic heterocycles. The normalized spacial score (nSPS) is 17.7. The molecule has 81 heavy (non-hydrogen) atoms. The van der Waals surface area contributed by atoms with Gasteiger partial charge >= 0.3 is 19.2 Å². The molecule has 0 spiro atoms. The number of fused-ring (bicyclic) bond motifs is 3. The zero-order valence-corrected chi connectivity index (χ0v) is 47.8. The van der Waals surface area contributed by atoms with Crippen molar-refractivity contribution in [1.82, 2.24) is 25.3 Å². The van der Waals surface area contributed by atoms with E-state index in [0.29, 0.717) is 59.3 Å². The Labute approximate surface area is 472 Å². The summed E-state index contributed by atoms with van der Waals surface area (Å²) in [6, 6.07) is 20.0. The van der Waals surface area contributed by atoms with Crippen LogP contribution in [0.4, 0.5) is 14.5 Å². The number of benzene rings is 4. The average molecular weight is 1150 g/mol. The molecule has 1 aromatic heterocycles. The molecule has 3 aliphatic rings. The second-order valence-electron chi connectivity index (χ2n) is 22.5. The number of likely N-dealkylation sites (tertiary alicyclic amines) is 1. The lowest BCUT2D eigenvalue weighted by Gasteiger charge is -2.36. The Kier molecular flexibility index (Phi) is 17.7. The molecular formula is C59H65F2N6O12PS. The van der Waals surface area contributed by atoms with E-state index < -0.39 is 84.2 Å². The highest BCUT2D eigenvalue weighted by molar-refractivity contribution is 7.53. The lowest BCUT2D eigenvalue weighted by Crippen LogP contribution is -2.58. The maximum atomic E-state index is 15.6. The van der Waals surface area contributed by atoms with Gasteiger partial charge in [-0.15, -0.1) is 11.3 Å². The molecule has 4 heterocycles. The number of alkyl halides is 2. The number of amides is 7. The highest BCUT2D eigenvalue weighted by atomic mass is 32.1. The van der Waals surface area contributed by atoms with E-state index in [2.05, 4.69) is 27.0 Å². The molecule has 3 unspecified atom stereocenters. The molecule has 2 saturated heterocycles. The number of piperidine rings is 1. The van der Waals surface area contributed by atoms with Gasteiger partial charge in [0, 0.05) is 79.6 Å². The van der Waals surface area contributed by atoms with Gasteiger partial charge in [0.2, 0.25) is 36.3 Å². The number of rotatable bonds is 17. The van der Waals surface area contributed by atoms with Crippen molar-refractivity contribution in [3.8, 4) is 11.8 Å². The number of hydrogen-bond donors (Lipinski definition) is 3. The number of carbonyl (C=O) groups excluding carboxylic acids is 8. The molecule has 0 radical (unpaired) electrons. The van der Waals surface area contributed by atoms with E-state index in [0.717, 1.165) is 34.2 Å². The fraction of sp³-hybridized carbons (Fsp3) is 0.424. The summed E-state index contributed by atoms with van der Waals surface area (Å²) in [5.41, 5.74) is -4.88. The SMILES string of the molecule is CN(CCCC#Cc1cccc2c1CN(C1CCC(=O)NC1=O)C2=O)C(=O)CCN(C(=O)[C@@H]1CCCN1C(=O)C(NC(=O)c1cc2cc(C(F)(F)P(=O)(O)OCOC(=O)C(C)(C)C)ccc2s1)C(C)(C)C)c1ccc2ccccc2c1. The molecule has 7 amide bonds. The van der Waals surface area contributed by atoms with Gasteiger partial charge in [-0.25, -0.2) is 0 Å². The van der Waals surface area contributed by atoms with Crippen molar-refractivity contribution in [2.24, 2.45) is 10.8 Å². The highest BCUT2D eigenvalue weighted by Gasteiger charge is 2.53. The van der Waals surface area contributed by atoms with E-state index in [-0.39, 0.29) is 66.9 Å². The van der Waals surface area contributed by atoms with Crippen LogP contribution in [-0.4, -0.2) is 119 Å². The fourth-order valence-electron chi connectivity index (χ4n) is 9.94. The number of esters is 1. The van der Waals surface area contributed by atoms with Crippen LogP contribution < -0.4 is 15.5 Å². The average Bonchev–Trinajstić information content (AvgIpc) is 4.25. The van der Waals surface area contributed by atoms with Crippen LogP contribution in [0.5, 0.6) is 0 Å². The fourth-order valence-corrected chi connectivity index (χ4v) is 11.7. The van der Waals surface area contributed by atoms with E-state index in [1.165, 1.54) is 47.6 Å². The molecule has 4 aromatic carbocycles. The number of nitrogens with one attached hydrogen (secondary N) is 2. The van der Waals surface area contributed by atoms with Crippen molar-refractivity contribution >= 4 is 92.8 Å². The smallest absolute Gasteiger partial charge is 0.404 e. The third kappa shape index (κ3) is 13.2. The van der Waals surface area contributed by atoms with Crippen LogP contribution in [0.2, 0.25) is 0 Å². The van der Waals surface area contributed by atoms with E-state index in [9.17, 15) is 47.8 Å². The van der Waals surface area contributed by atoms with Crippen molar-refractivity contribution in [3.05, 3.63) is 112 Å². The Hall–Kier alpha value is -7.37. The number of halogens is 2. The number of anilines is 1. The lowest BCUT2D eigenvalue weighted by molar-refractivity contribution is -0.160. The van der Waals surface area contributed by atoms with Gasteiger partial charge in [-0.1, -0.05) is 75.1 Å². The third-order valence-electron chi connectivity index (χ3n) is 14.6. The van der Waals surface area contributed by atoms with Gasteiger partial charge in [-0.3, -0.25) is 52.8 Å². The molecule has 2 fully saturated rings. The van der Waals surface area contributed by atoms with Gasteiger partial charge in [-0.05, 0) is 116 Å². The molecular weight excluding hydrogens is 1090 g/mol. The van der Waals surface area contributed by atoms with Crippen LogP contribution in [-0.2, 0) is 54.8 Å². The molecule has 4 atom stereocenters. The molecule has 0 bridgehead atoms. The summed E-state index contributed by atoms with van der Waals surface area (Å²) in [7, 11) is -4.08. The second-order valence-corrected chi connectivity index (χ2v) is 25.5. The predicted octanol–water partition coefficient (Wildman–Crippen LogP) is 8.46. The van der Waals surface area contributed by atoms with Crippen molar-refractivity contribution in [2.75, 3.05) is 38.4 Å². The Morgan fingerprint density at radius 2 is 1.65 bits per heavy atom. The minimum atomic E-state index is -5.75. The number of unbranched alkanes of at least 4 members (excludes halogenated alkanes) is 1. The number of imide groups is 1. The second kappa shape index (κ2) is 24.0. The third-order valence-corrected chi connectivity index (χ3v) is 17.1. The topological polar surface area (TPSA) is 229 Å². The van der Waals surface area contributed by atoms with Crippen molar-refractivity contribution in [2.45, 2.75) is 117 Å². The molecule has 3 N–H and O–H groups in total. The van der Waals surface area contributed by atoms with Gasteiger partial charge in [0.1, 0.15) is 18.1 Å². The summed E-state index contributed by atoms with van der Waals surface area (Å²) in [4.78, 5) is 124.